The zero-order chi connectivity index (χ0) is 24.0. The second kappa shape index (κ2) is 11.6. The van der Waals surface area contributed by atoms with Crippen LogP contribution in [0, 0.1) is 3.57 Å². The zero-order valence-corrected chi connectivity index (χ0v) is 21.1. The molecule has 0 unspecified atom stereocenters. The molecule has 1 aliphatic rings. The van der Waals surface area contributed by atoms with Crippen LogP contribution in [0.4, 0.5) is 4.79 Å². The Morgan fingerprint density at radius 1 is 1.18 bits per heavy atom. The van der Waals surface area contributed by atoms with Gasteiger partial charge in [0.2, 0.25) is 0 Å². The van der Waals surface area contributed by atoms with Crippen molar-refractivity contribution in [1.82, 2.24) is 4.90 Å². The molecule has 8 nitrogen and oxygen atoms in total. The summed E-state index contributed by atoms with van der Waals surface area (Å²) >= 11 is 8.69. The van der Waals surface area contributed by atoms with Gasteiger partial charge in [0.15, 0.2) is 18.1 Å². The number of halogens is 2. The molecule has 1 N–H and O–H groups in total. The summed E-state index contributed by atoms with van der Waals surface area (Å²) in [7, 11) is 0. The Labute approximate surface area is 213 Å². The van der Waals surface area contributed by atoms with E-state index in [0.29, 0.717) is 38.0 Å². The number of imide groups is 1. The number of hydrogen-bond acceptors (Lipinski definition) is 7. The topological polar surface area (TPSA) is 102 Å². The molecule has 1 saturated heterocycles. The van der Waals surface area contributed by atoms with E-state index in [1.165, 1.54) is 0 Å². The number of carbonyl (C=O) groups is 3. The molecule has 0 spiro atoms. The Kier molecular flexibility index (Phi) is 8.87. The van der Waals surface area contributed by atoms with E-state index in [1.54, 1.807) is 49.4 Å². The summed E-state index contributed by atoms with van der Waals surface area (Å²) in [6.07, 6.45) is 1.59. The van der Waals surface area contributed by atoms with Crippen molar-refractivity contribution in [2.75, 3.05) is 26.4 Å². The average molecular weight is 604 g/mol. The fourth-order valence-electron chi connectivity index (χ4n) is 2.84. The highest BCUT2D eigenvalue weighted by atomic mass is 127. The van der Waals surface area contributed by atoms with Crippen molar-refractivity contribution >= 4 is 69.1 Å². The Balaban J connectivity index is 1.72. The van der Waals surface area contributed by atoms with E-state index in [0.717, 1.165) is 16.7 Å². The van der Waals surface area contributed by atoms with Gasteiger partial charge in [-0.3, -0.25) is 14.5 Å². The lowest BCUT2D eigenvalue weighted by Crippen LogP contribution is -2.32. The number of hydrogen-bond donors (Lipinski definition) is 1. The SMILES string of the molecule is CCOc1cc(/C=C2\SC(=O)N(CCOc3ccc(Cl)cc3)C2=O)cc(I)c1OCC(=O)O. The molecule has 33 heavy (non-hydrogen) atoms. The third-order valence-electron chi connectivity index (χ3n) is 4.24. The number of carboxylic acids is 1. The number of benzene rings is 2. The predicted molar refractivity (Wildman–Crippen MR) is 133 cm³/mol. The normalized spacial score (nSPS) is 14.6. The van der Waals surface area contributed by atoms with Crippen LogP contribution in [0.2, 0.25) is 5.02 Å². The molecule has 174 valence electrons. The lowest BCUT2D eigenvalue weighted by atomic mass is 10.2. The summed E-state index contributed by atoms with van der Waals surface area (Å²) in [5.41, 5.74) is 0.619. The highest BCUT2D eigenvalue weighted by Gasteiger charge is 2.35. The van der Waals surface area contributed by atoms with Crippen LogP contribution in [0.1, 0.15) is 12.5 Å². The molecule has 0 radical (unpaired) electrons. The first-order valence-corrected chi connectivity index (χ1v) is 12.0. The molecule has 0 atom stereocenters. The van der Waals surface area contributed by atoms with Crippen molar-refractivity contribution in [1.29, 1.82) is 0 Å². The summed E-state index contributed by atoms with van der Waals surface area (Å²) in [6.45, 7) is 1.88. The van der Waals surface area contributed by atoms with E-state index in [2.05, 4.69) is 0 Å². The molecule has 1 aliphatic heterocycles. The molecule has 2 aromatic carbocycles. The molecular weight excluding hydrogens is 585 g/mol. The Bertz CT molecular complexity index is 1090. The lowest BCUT2D eigenvalue weighted by Gasteiger charge is -2.14. The molecule has 1 fully saturated rings. The highest BCUT2D eigenvalue weighted by Crippen LogP contribution is 2.37. The van der Waals surface area contributed by atoms with Gasteiger partial charge in [-0.15, -0.1) is 0 Å². The van der Waals surface area contributed by atoms with Crippen LogP contribution >= 0.6 is 46.0 Å². The number of carbonyl (C=O) groups excluding carboxylic acids is 2. The van der Waals surface area contributed by atoms with Crippen molar-refractivity contribution in [2.24, 2.45) is 0 Å². The number of nitrogens with zero attached hydrogens (tertiary/aromatic N) is 1. The average Bonchev–Trinajstić information content (AvgIpc) is 3.02. The maximum absolute atomic E-state index is 12.8. The van der Waals surface area contributed by atoms with Gasteiger partial charge >= 0.3 is 5.97 Å². The third-order valence-corrected chi connectivity index (χ3v) is 6.20. The molecule has 11 heteroatoms. The van der Waals surface area contributed by atoms with E-state index in [4.69, 9.17) is 30.9 Å². The fraction of sp³-hybridized carbons (Fsp3) is 0.227. The quantitative estimate of drug-likeness (QED) is 0.302. The van der Waals surface area contributed by atoms with Gasteiger partial charge in [-0.05, 0) is 89.3 Å². The van der Waals surface area contributed by atoms with Gasteiger partial charge in [0.25, 0.3) is 11.1 Å². The molecule has 0 saturated carbocycles. The summed E-state index contributed by atoms with van der Waals surface area (Å²) in [6, 6.07) is 10.2. The number of thioether (sulfide) groups is 1. The van der Waals surface area contributed by atoms with Crippen molar-refractivity contribution in [3.8, 4) is 17.2 Å². The summed E-state index contributed by atoms with van der Waals surface area (Å²) in [4.78, 5) is 37.4. The summed E-state index contributed by atoms with van der Waals surface area (Å²) in [5.74, 6) is -0.267. The van der Waals surface area contributed by atoms with E-state index in [9.17, 15) is 14.4 Å². The van der Waals surface area contributed by atoms with E-state index < -0.39 is 18.5 Å². The Morgan fingerprint density at radius 2 is 1.91 bits per heavy atom. The van der Waals surface area contributed by atoms with Crippen LogP contribution in [-0.4, -0.2) is 53.5 Å². The number of amides is 2. The van der Waals surface area contributed by atoms with Crippen molar-refractivity contribution < 1.29 is 33.7 Å². The van der Waals surface area contributed by atoms with Crippen LogP contribution in [0.25, 0.3) is 6.08 Å². The van der Waals surface area contributed by atoms with Gasteiger partial charge in [0, 0.05) is 5.02 Å². The lowest BCUT2D eigenvalue weighted by molar-refractivity contribution is -0.139. The standard InChI is InChI=1S/C22H19ClINO7S/c1-2-30-17-10-13(9-16(24)20(17)32-12-19(26)27)11-18-21(28)25(22(29)33-18)7-8-31-15-5-3-14(23)4-6-15/h3-6,9-11H,2,7-8,12H2,1H3,(H,26,27)/b18-11-. The molecular formula is C22H19ClINO7S. The monoisotopic (exact) mass is 603 g/mol. The minimum atomic E-state index is -1.11. The van der Waals surface area contributed by atoms with Gasteiger partial charge in [-0.2, -0.15) is 0 Å². The second-order valence-electron chi connectivity index (χ2n) is 6.58. The molecule has 3 rings (SSSR count). The minimum Gasteiger partial charge on any atom is -0.492 e. The number of carboxylic acid groups (broad SMARTS) is 1. The van der Waals surface area contributed by atoms with Gasteiger partial charge in [-0.25, -0.2) is 4.79 Å². The smallest absolute Gasteiger partial charge is 0.341 e. The summed E-state index contributed by atoms with van der Waals surface area (Å²) in [5, 5.41) is 9.08. The fourth-order valence-corrected chi connectivity index (χ4v) is 4.61. The third kappa shape index (κ3) is 6.78. The molecule has 0 bridgehead atoms. The maximum Gasteiger partial charge on any atom is 0.341 e. The Hall–Kier alpha value is -2.44. The first kappa shape index (κ1) is 25.2. The maximum atomic E-state index is 12.8. The minimum absolute atomic E-state index is 0.105. The van der Waals surface area contributed by atoms with Crippen LogP contribution in [0.5, 0.6) is 17.2 Å². The first-order valence-electron chi connectivity index (χ1n) is 9.73. The van der Waals surface area contributed by atoms with Crippen molar-refractivity contribution in [3.63, 3.8) is 0 Å². The van der Waals surface area contributed by atoms with Crippen LogP contribution < -0.4 is 14.2 Å². The van der Waals surface area contributed by atoms with Crippen LogP contribution in [0.15, 0.2) is 41.3 Å². The van der Waals surface area contributed by atoms with Crippen molar-refractivity contribution in [3.05, 3.63) is 55.5 Å². The van der Waals surface area contributed by atoms with Gasteiger partial charge < -0.3 is 19.3 Å². The molecule has 2 aromatic rings. The molecule has 0 aliphatic carbocycles. The predicted octanol–water partition coefficient (Wildman–Crippen LogP) is 4.92. The zero-order valence-electron chi connectivity index (χ0n) is 17.4. The Morgan fingerprint density at radius 3 is 2.58 bits per heavy atom. The number of ether oxygens (including phenoxy) is 3. The van der Waals surface area contributed by atoms with E-state index in [-0.39, 0.29) is 23.3 Å². The van der Waals surface area contributed by atoms with E-state index >= 15 is 0 Å². The van der Waals surface area contributed by atoms with Crippen LogP contribution in [-0.2, 0) is 9.59 Å². The highest BCUT2D eigenvalue weighted by molar-refractivity contribution is 14.1. The molecule has 1 heterocycles. The molecule has 0 aromatic heterocycles. The van der Waals surface area contributed by atoms with Gasteiger partial charge in [-0.1, -0.05) is 11.6 Å². The largest absolute Gasteiger partial charge is 0.492 e. The van der Waals surface area contributed by atoms with Gasteiger partial charge in [0.1, 0.15) is 12.4 Å². The van der Waals surface area contributed by atoms with Gasteiger partial charge in [0.05, 0.1) is 21.6 Å². The number of aliphatic carboxylic acids is 1. The van der Waals surface area contributed by atoms with E-state index in [1.807, 2.05) is 22.6 Å². The first-order chi connectivity index (χ1) is 15.8. The van der Waals surface area contributed by atoms with Crippen molar-refractivity contribution in [2.45, 2.75) is 6.92 Å². The number of rotatable bonds is 10. The summed E-state index contributed by atoms with van der Waals surface area (Å²) < 4.78 is 17.1. The second-order valence-corrected chi connectivity index (χ2v) is 9.17. The van der Waals surface area contributed by atoms with Crippen LogP contribution in [0.3, 0.4) is 0 Å². The molecule has 2 amide bonds.